The molecule has 0 unspecified atom stereocenters. The van der Waals surface area contributed by atoms with Gasteiger partial charge in [0.1, 0.15) is 11.3 Å². The van der Waals surface area contributed by atoms with Crippen LogP contribution < -0.4 is 24.6 Å². The van der Waals surface area contributed by atoms with Crippen LogP contribution in [0.15, 0.2) is 63.8 Å². The SMILES string of the molecule is COc1cc2c(=O)oc3cc(OC(=O)/C=C/c4ccc(C(C)C)cc4)ccc3c2c(OC)c1OC. The first-order chi connectivity index (χ1) is 16.9. The van der Waals surface area contributed by atoms with E-state index in [0.29, 0.717) is 33.9 Å². The van der Waals surface area contributed by atoms with Gasteiger partial charge < -0.3 is 23.4 Å². The van der Waals surface area contributed by atoms with E-state index in [1.54, 1.807) is 24.3 Å². The van der Waals surface area contributed by atoms with Crippen molar-refractivity contribution in [3.8, 4) is 23.0 Å². The molecule has 1 aromatic heterocycles. The van der Waals surface area contributed by atoms with Gasteiger partial charge in [-0.25, -0.2) is 9.59 Å². The lowest BCUT2D eigenvalue weighted by Gasteiger charge is -2.15. The second-order valence-electron chi connectivity index (χ2n) is 8.19. The van der Waals surface area contributed by atoms with Crippen molar-refractivity contribution in [1.82, 2.24) is 0 Å². The van der Waals surface area contributed by atoms with E-state index in [4.69, 9.17) is 23.4 Å². The minimum Gasteiger partial charge on any atom is -0.493 e. The van der Waals surface area contributed by atoms with Crippen LogP contribution in [0, 0.1) is 0 Å². The number of esters is 1. The normalized spacial score (nSPS) is 11.4. The minimum absolute atomic E-state index is 0.240. The average molecular weight is 475 g/mol. The maximum absolute atomic E-state index is 12.7. The Morgan fingerprint density at radius 3 is 2.23 bits per heavy atom. The zero-order chi connectivity index (χ0) is 25.1. The molecule has 0 saturated heterocycles. The molecule has 0 aliphatic rings. The molecule has 0 spiro atoms. The van der Waals surface area contributed by atoms with Gasteiger partial charge in [-0.05, 0) is 41.3 Å². The van der Waals surface area contributed by atoms with Gasteiger partial charge in [0.2, 0.25) is 5.75 Å². The van der Waals surface area contributed by atoms with Crippen molar-refractivity contribution < 1.29 is 28.2 Å². The molecule has 0 aliphatic heterocycles. The molecule has 7 heteroatoms. The maximum Gasteiger partial charge on any atom is 0.344 e. The Morgan fingerprint density at radius 2 is 1.60 bits per heavy atom. The summed E-state index contributed by atoms with van der Waals surface area (Å²) in [6.45, 7) is 4.25. The Bertz CT molecular complexity index is 1480. The molecule has 4 rings (SSSR count). The zero-order valence-corrected chi connectivity index (χ0v) is 20.2. The van der Waals surface area contributed by atoms with Gasteiger partial charge in [-0.2, -0.15) is 0 Å². The first-order valence-corrected chi connectivity index (χ1v) is 11.1. The molecule has 0 amide bonds. The summed E-state index contributed by atoms with van der Waals surface area (Å²) in [7, 11) is 4.45. The van der Waals surface area contributed by atoms with E-state index in [1.807, 2.05) is 24.3 Å². The molecule has 4 aromatic rings. The van der Waals surface area contributed by atoms with Crippen molar-refractivity contribution >= 4 is 33.8 Å². The third-order valence-corrected chi connectivity index (χ3v) is 5.71. The fourth-order valence-electron chi connectivity index (χ4n) is 3.90. The molecule has 180 valence electrons. The second-order valence-corrected chi connectivity index (χ2v) is 8.19. The van der Waals surface area contributed by atoms with E-state index < -0.39 is 11.6 Å². The topological polar surface area (TPSA) is 84.2 Å². The summed E-state index contributed by atoms with van der Waals surface area (Å²) in [6, 6.07) is 14.3. The lowest BCUT2D eigenvalue weighted by atomic mass is 10.0. The minimum atomic E-state index is -0.583. The van der Waals surface area contributed by atoms with Crippen LogP contribution in [-0.4, -0.2) is 27.3 Å². The summed E-state index contributed by atoms with van der Waals surface area (Å²) in [5.41, 5.74) is 1.77. The van der Waals surface area contributed by atoms with Crippen LogP contribution in [0.5, 0.6) is 23.0 Å². The smallest absolute Gasteiger partial charge is 0.344 e. The Hall–Kier alpha value is -4.26. The number of ether oxygens (including phenoxy) is 4. The van der Waals surface area contributed by atoms with E-state index in [0.717, 1.165) is 5.56 Å². The average Bonchev–Trinajstić information content (AvgIpc) is 2.86. The van der Waals surface area contributed by atoms with E-state index in [9.17, 15) is 9.59 Å². The van der Waals surface area contributed by atoms with E-state index >= 15 is 0 Å². The van der Waals surface area contributed by atoms with Gasteiger partial charge >= 0.3 is 11.6 Å². The Balaban J connectivity index is 1.67. The van der Waals surface area contributed by atoms with Gasteiger partial charge in [0.25, 0.3) is 0 Å². The second kappa shape index (κ2) is 9.93. The zero-order valence-electron chi connectivity index (χ0n) is 20.2. The highest BCUT2D eigenvalue weighted by Gasteiger charge is 2.21. The van der Waals surface area contributed by atoms with Crippen LogP contribution >= 0.6 is 0 Å². The van der Waals surface area contributed by atoms with Crippen LogP contribution in [0.1, 0.15) is 30.9 Å². The lowest BCUT2D eigenvalue weighted by molar-refractivity contribution is -0.128. The van der Waals surface area contributed by atoms with Crippen LogP contribution in [0.2, 0.25) is 0 Å². The standard InChI is InChI=1S/C28H26O7/c1-16(2)18-9-6-17(7-10-18)8-13-24(29)34-19-11-12-20-22(14-19)35-28(30)21-15-23(31-3)26(32-4)27(33-5)25(20)21/h6-16H,1-5H3/b13-8+. The Kier molecular flexibility index (Phi) is 6.78. The number of hydrogen-bond acceptors (Lipinski definition) is 7. The van der Waals surface area contributed by atoms with Gasteiger partial charge in [0, 0.05) is 22.9 Å². The molecule has 0 fully saturated rings. The molecule has 0 aliphatic carbocycles. The fourth-order valence-corrected chi connectivity index (χ4v) is 3.90. The Morgan fingerprint density at radius 1 is 0.886 bits per heavy atom. The van der Waals surface area contributed by atoms with Crippen LogP contribution in [0.3, 0.4) is 0 Å². The lowest BCUT2D eigenvalue weighted by Crippen LogP contribution is -2.05. The number of benzene rings is 3. The predicted molar refractivity (Wildman–Crippen MR) is 135 cm³/mol. The Labute approximate surface area is 202 Å². The monoisotopic (exact) mass is 474 g/mol. The van der Waals surface area contributed by atoms with Crippen LogP contribution in [0.4, 0.5) is 0 Å². The molecule has 0 N–H and O–H groups in total. The molecule has 1 heterocycles. The maximum atomic E-state index is 12.7. The molecule has 0 saturated carbocycles. The summed E-state index contributed by atoms with van der Waals surface area (Å²) >= 11 is 0. The van der Waals surface area contributed by atoms with Crippen LogP contribution in [-0.2, 0) is 4.79 Å². The molecule has 0 radical (unpaired) electrons. The highest BCUT2D eigenvalue weighted by atomic mass is 16.5. The van der Waals surface area contributed by atoms with Gasteiger partial charge in [-0.3, -0.25) is 0 Å². The van der Waals surface area contributed by atoms with E-state index in [1.165, 1.54) is 39.0 Å². The van der Waals surface area contributed by atoms with Gasteiger partial charge in [-0.15, -0.1) is 0 Å². The first-order valence-electron chi connectivity index (χ1n) is 11.1. The summed E-state index contributed by atoms with van der Waals surface area (Å²) in [6.07, 6.45) is 3.04. The van der Waals surface area contributed by atoms with Crippen molar-refractivity contribution in [3.63, 3.8) is 0 Å². The number of hydrogen-bond donors (Lipinski definition) is 0. The number of carbonyl (C=O) groups excluding carboxylic acids is 1. The molecule has 7 nitrogen and oxygen atoms in total. The van der Waals surface area contributed by atoms with Crippen molar-refractivity contribution in [3.05, 3.63) is 76.2 Å². The molecular formula is C28H26O7. The third kappa shape index (κ3) is 4.71. The molecule has 0 bridgehead atoms. The molecule has 3 aromatic carbocycles. The van der Waals surface area contributed by atoms with E-state index in [-0.39, 0.29) is 16.7 Å². The molecular weight excluding hydrogens is 448 g/mol. The van der Waals surface area contributed by atoms with Crippen molar-refractivity contribution in [2.45, 2.75) is 19.8 Å². The van der Waals surface area contributed by atoms with Crippen molar-refractivity contribution in [2.24, 2.45) is 0 Å². The summed E-state index contributed by atoms with van der Waals surface area (Å²) in [5, 5.41) is 1.39. The quantitative estimate of drug-likeness (QED) is 0.111. The van der Waals surface area contributed by atoms with Gasteiger partial charge in [0.15, 0.2) is 11.5 Å². The summed E-state index contributed by atoms with van der Waals surface area (Å²) in [4.78, 5) is 25.1. The third-order valence-electron chi connectivity index (χ3n) is 5.71. The molecule has 35 heavy (non-hydrogen) atoms. The molecule has 0 atom stereocenters. The number of methoxy groups -OCH3 is 3. The van der Waals surface area contributed by atoms with Crippen LogP contribution in [0.25, 0.3) is 27.8 Å². The highest BCUT2D eigenvalue weighted by Crippen LogP contribution is 2.45. The van der Waals surface area contributed by atoms with Gasteiger partial charge in [0.05, 0.1) is 26.7 Å². The highest BCUT2D eigenvalue weighted by molar-refractivity contribution is 6.10. The fraction of sp³-hybridized carbons (Fsp3) is 0.214. The van der Waals surface area contributed by atoms with Crippen molar-refractivity contribution in [1.29, 1.82) is 0 Å². The first kappa shape index (κ1) is 23.9. The van der Waals surface area contributed by atoms with Crippen molar-refractivity contribution in [2.75, 3.05) is 21.3 Å². The largest absolute Gasteiger partial charge is 0.493 e. The summed E-state index contributed by atoms with van der Waals surface area (Å²) < 4.78 is 27.3. The number of rotatable bonds is 7. The van der Waals surface area contributed by atoms with Gasteiger partial charge in [-0.1, -0.05) is 38.1 Å². The predicted octanol–water partition coefficient (Wildman–Crippen LogP) is 5.71. The number of carbonyl (C=O) groups is 1. The number of fused-ring (bicyclic) bond motifs is 3. The summed E-state index contributed by atoms with van der Waals surface area (Å²) in [5.74, 6) is 1.17. The van der Waals surface area contributed by atoms with E-state index in [2.05, 4.69) is 13.8 Å².